The maximum atomic E-state index is 8.94. The fourth-order valence-electron chi connectivity index (χ4n) is 1.48. The van der Waals surface area contributed by atoms with Gasteiger partial charge < -0.3 is 0 Å². The van der Waals surface area contributed by atoms with E-state index in [0.717, 1.165) is 32.7 Å². The van der Waals surface area contributed by atoms with E-state index in [2.05, 4.69) is 6.07 Å². The summed E-state index contributed by atoms with van der Waals surface area (Å²) in [4.78, 5) is 0. The molecular weight excluding hydrogens is 214 g/mol. The van der Waals surface area contributed by atoms with Crippen molar-refractivity contribution in [2.45, 2.75) is 13.3 Å². The van der Waals surface area contributed by atoms with Gasteiger partial charge in [0.15, 0.2) is 0 Å². The van der Waals surface area contributed by atoms with Crippen molar-refractivity contribution < 1.29 is 0 Å². The number of benzene rings is 1. The highest BCUT2D eigenvalue weighted by molar-refractivity contribution is 7.17. The van der Waals surface area contributed by atoms with Crippen molar-refractivity contribution in [3.05, 3.63) is 33.7 Å². The molecule has 0 spiro atoms. The summed E-state index contributed by atoms with van der Waals surface area (Å²) in [5.41, 5.74) is 1.83. The fourth-order valence-corrected chi connectivity index (χ4v) is 2.67. The van der Waals surface area contributed by atoms with Crippen molar-refractivity contribution in [2.75, 3.05) is 0 Å². The monoisotopic (exact) mass is 221 g/mol. The standard InChI is InChI=1S/C11H8ClNS/c1-2-7-3-9-10(12)6-14-11(9)4-8(7)5-13/h3-4,6H,2H2,1H3. The Morgan fingerprint density at radius 2 is 2.29 bits per heavy atom. The minimum atomic E-state index is 0.763. The van der Waals surface area contributed by atoms with Crippen LogP contribution in [0.4, 0.5) is 0 Å². The molecule has 3 heteroatoms. The Balaban J connectivity index is 2.79. The Labute approximate surface area is 91.5 Å². The Bertz CT molecular complexity index is 522. The Kier molecular flexibility index (Phi) is 2.45. The lowest BCUT2D eigenvalue weighted by Gasteiger charge is -2.00. The van der Waals surface area contributed by atoms with E-state index in [1.54, 1.807) is 11.3 Å². The van der Waals surface area contributed by atoms with Crippen molar-refractivity contribution in [3.63, 3.8) is 0 Å². The lowest BCUT2D eigenvalue weighted by atomic mass is 10.0. The minimum Gasteiger partial charge on any atom is -0.192 e. The molecular formula is C11H8ClNS. The van der Waals surface area contributed by atoms with E-state index in [9.17, 15) is 0 Å². The lowest BCUT2D eigenvalue weighted by Crippen LogP contribution is -1.86. The fraction of sp³-hybridized carbons (Fsp3) is 0.182. The van der Waals surface area contributed by atoms with Gasteiger partial charge in [0.1, 0.15) is 0 Å². The molecule has 0 saturated heterocycles. The largest absolute Gasteiger partial charge is 0.192 e. The molecule has 70 valence electrons. The Morgan fingerprint density at radius 1 is 1.50 bits per heavy atom. The summed E-state index contributed by atoms with van der Waals surface area (Å²) in [5, 5.41) is 12.7. The predicted octanol–water partition coefficient (Wildman–Crippen LogP) is 3.99. The van der Waals surface area contributed by atoms with E-state index in [4.69, 9.17) is 16.9 Å². The molecule has 1 nitrogen and oxygen atoms in total. The van der Waals surface area contributed by atoms with Gasteiger partial charge in [0, 0.05) is 15.5 Å². The molecule has 2 rings (SSSR count). The van der Waals surface area contributed by atoms with Gasteiger partial charge in [-0.25, -0.2) is 0 Å². The van der Waals surface area contributed by atoms with Crippen molar-refractivity contribution in [1.82, 2.24) is 0 Å². The van der Waals surface area contributed by atoms with E-state index in [1.165, 1.54) is 0 Å². The van der Waals surface area contributed by atoms with Crippen molar-refractivity contribution >= 4 is 33.0 Å². The van der Waals surface area contributed by atoms with Crippen LogP contribution < -0.4 is 0 Å². The third-order valence-corrected chi connectivity index (χ3v) is 3.64. The number of nitriles is 1. The topological polar surface area (TPSA) is 23.8 Å². The van der Waals surface area contributed by atoms with Gasteiger partial charge in [-0.3, -0.25) is 0 Å². The molecule has 0 atom stereocenters. The number of nitrogens with zero attached hydrogens (tertiary/aromatic N) is 1. The second-order valence-corrected chi connectivity index (χ2v) is 4.37. The second kappa shape index (κ2) is 3.61. The van der Waals surface area contributed by atoms with Crippen LogP contribution in [0.25, 0.3) is 10.1 Å². The van der Waals surface area contributed by atoms with E-state index in [1.807, 2.05) is 24.4 Å². The molecule has 0 fully saturated rings. The highest BCUT2D eigenvalue weighted by atomic mass is 35.5. The first-order valence-electron chi connectivity index (χ1n) is 4.36. The second-order valence-electron chi connectivity index (χ2n) is 3.05. The van der Waals surface area contributed by atoms with Crippen LogP contribution in [0.3, 0.4) is 0 Å². The number of hydrogen-bond acceptors (Lipinski definition) is 2. The van der Waals surface area contributed by atoms with E-state index >= 15 is 0 Å². The highest BCUT2D eigenvalue weighted by Gasteiger charge is 2.07. The summed E-state index contributed by atoms with van der Waals surface area (Å²) < 4.78 is 1.09. The summed E-state index contributed by atoms with van der Waals surface area (Å²) in [6, 6.07) is 6.15. The third-order valence-electron chi connectivity index (χ3n) is 2.25. The third kappa shape index (κ3) is 1.39. The molecule has 0 amide bonds. The molecule has 0 N–H and O–H groups in total. The molecule has 2 aromatic rings. The smallest absolute Gasteiger partial charge is 0.0995 e. The maximum Gasteiger partial charge on any atom is 0.0995 e. The molecule has 1 aromatic heterocycles. The van der Waals surface area contributed by atoms with Crippen molar-refractivity contribution in [2.24, 2.45) is 0 Å². The number of halogens is 1. The van der Waals surface area contributed by atoms with Crippen LogP contribution in [0.2, 0.25) is 5.02 Å². The van der Waals surface area contributed by atoms with Gasteiger partial charge in [-0.1, -0.05) is 18.5 Å². The zero-order chi connectivity index (χ0) is 10.1. The van der Waals surface area contributed by atoms with Crippen LogP contribution in [-0.4, -0.2) is 0 Å². The SMILES string of the molecule is CCc1cc2c(Cl)csc2cc1C#N. The van der Waals surface area contributed by atoms with Crippen molar-refractivity contribution in [3.8, 4) is 6.07 Å². The quantitative estimate of drug-likeness (QED) is 0.715. The Morgan fingerprint density at radius 3 is 2.93 bits per heavy atom. The van der Waals surface area contributed by atoms with Gasteiger partial charge in [0.25, 0.3) is 0 Å². The normalized spacial score (nSPS) is 10.4. The number of rotatable bonds is 1. The minimum absolute atomic E-state index is 0.763. The molecule has 0 bridgehead atoms. The number of aryl methyl sites for hydroxylation is 1. The summed E-state index contributed by atoms with van der Waals surface area (Å²) in [5.74, 6) is 0. The first kappa shape index (κ1) is 9.51. The first-order valence-corrected chi connectivity index (χ1v) is 5.61. The molecule has 0 aliphatic heterocycles. The molecule has 1 aromatic carbocycles. The van der Waals surface area contributed by atoms with Crippen LogP contribution in [-0.2, 0) is 6.42 Å². The van der Waals surface area contributed by atoms with Crippen molar-refractivity contribution in [1.29, 1.82) is 5.26 Å². The van der Waals surface area contributed by atoms with Gasteiger partial charge in [-0.2, -0.15) is 5.26 Å². The number of hydrogen-bond donors (Lipinski definition) is 0. The van der Waals surface area contributed by atoms with Gasteiger partial charge >= 0.3 is 0 Å². The van der Waals surface area contributed by atoms with Gasteiger partial charge in [-0.05, 0) is 24.1 Å². The number of thiophene rings is 1. The Hall–Kier alpha value is -1.04. The van der Waals surface area contributed by atoms with Crippen LogP contribution in [0.1, 0.15) is 18.1 Å². The number of fused-ring (bicyclic) bond motifs is 1. The molecule has 1 heterocycles. The van der Waals surface area contributed by atoms with Crippen LogP contribution in [0.15, 0.2) is 17.5 Å². The summed E-state index contributed by atoms with van der Waals surface area (Å²) >= 11 is 7.60. The summed E-state index contributed by atoms with van der Waals surface area (Å²) in [7, 11) is 0. The molecule has 0 saturated carbocycles. The van der Waals surface area contributed by atoms with E-state index in [-0.39, 0.29) is 0 Å². The zero-order valence-electron chi connectivity index (χ0n) is 7.67. The van der Waals surface area contributed by atoms with Gasteiger partial charge in [-0.15, -0.1) is 11.3 Å². The average Bonchev–Trinajstić information content (AvgIpc) is 2.58. The molecule has 0 radical (unpaired) electrons. The average molecular weight is 222 g/mol. The zero-order valence-corrected chi connectivity index (χ0v) is 9.25. The maximum absolute atomic E-state index is 8.94. The first-order chi connectivity index (χ1) is 6.76. The van der Waals surface area contributed by atoms with Gasteiger partial charge in [0.05, 0.1) is 16.7 Å². The molecule has 0 aliphatic carbocycles. The summed E-state index contributed by atoms with van der Waals surface area (Å²) in [6.07, 6.45) is 0.866. The van der Waals surface area contributed by atoms with Gasteiger partial charge in [0.2, 0.25) is 0 Å². The van der Waals surface area contributed by atoms with E-state index < -0.39 is 0 Å². The van der Waals surface area contributed by atoms with Crippen LogP contribution in [0.5, 0.6) is 0 Å². The predicted molar refractivity (Wildman–Crippen MR) is 60.9 cm³/mol. The highest BCUT2D eigenvalue weighted by Crippen LogP contribution is 2.32. The molecule has 0 unspecified atom stereocenters. The van der Waals surface area contributed by atoms with Crippen LogP contribution in [0, 0.1) is 11.3 Å². The molecule has 0 aliphatic rings. The molecule has 14 heavy (non-hydrogen) atoms. The lowest BCUT2D eigenvalue weighted by molar-refractivity contribution is 1.13. The van der Waals surface area contributed by atoms with Crippen LogP contribution >= 0.6 is 22.9 Å². The summed E-state index contributed by atoms with van der Waals surface area (Å²) in [6.45, 7) is 2.04. The van der Waals surface area contributed by atoms with E-state index in [0.29, 0.717) is 0 Å².